The van der Waals surface area contributed by atoms with Crippen molar-refractivity contribution in [3.63, 3.8) is 0 Å². The van der Waals surface area contributed by atoms with E-state index in [1.165, 1.54) is 25.0 Å². The van der Waals surface area contributed by atoms with Crippen LogP contribution in [0.1, 0.15) is 51.8 Å². The van der Waals surface area contributed by atoms with Gasteiger partial charge in [-0.2, -0.15) is 0 Å². The van der Waals surface area contributed by atoms with E-state index in [-0.39, 0.29) is 6.04 Å². The number of nitrogens with two attached hydrogens (primary N) is 1. The molecule has 0 amide bonds. The summed E-state index contributed by atoms with van der Waals surface area (Å²) in [4.78, 5) is 4.23. The van der Waals surface area contributed by atoms with E-state index in [4.69, 9.17) is 5.73 Å². The predicted molar refractivity (Wildman–Crippen MR) is 74.3 cm³/mol. The molecule has 0 aliphatic heterocycles. The first-order valence-corrected chi connectivity index (χ1v) is 7.02. The van der Waals surface area contributed by atoms with Crippen molar-refractivity contribution in [2.24, 2.45) is 11.1 Å². The van der Waals surface area contributed by atoms with E-state index in [0.717, 1.165) is 6.54 Å². The summed E-state index contributed by atoms with van der Waals surface area (Å²) in [6, 6.07) is 0.820. The third kappa shape index (κ3) is 2.93. The van der Waals surface area contributed by atoms with E-state index in [1.807, 2.05) is 12.5 Å². The summed E-state index contributed by atoms with van der Waals surface area (Å²) in [5.74, 6) is 0. The van der Waals surface area contributed by atoms with Crippen LogP contribution in [0.15, 0.2) is 12.5 Å². The fourth-order valence-corrected chi connectivity index (χ4v) is 3.02. The van der Waals surface area contributed by atoms with Gasteiger partial charge in [0.15, 0.2) is 0 Å². The number of nitrogens with one attached hydrogen (secondary N) is 1. The number of rotatable bonds is 5. The van der Waals surface area contributed by atoms with Gasteiger partial charge in [-0.05, 0) is 31.6 Å². The maximum atomic E-state index is 5.93. The summed E-state index contributed by atoms with van der Waals surface area (Å²) in [6.45, 7) is 8.41. The molecule has 4 nitrogen and oxygen atoms in total. The topological polar surface area (TPSA) is 55.9 Å². The molecule has 0 aromatic carbocycles. The van der Waals surface area contributed by atoms with Crippen LogP contribution in [0.25, 0.3) is 0 Å². The van der Waals surface area contributed by atoms with Gasteiger partial charge >= 0.3 is 0 Å². The Morgan fingerprint density at radius 1 is 1.61 bits per heavy atom. The molecule has 1 heterocycles. The highest BCUT2D eigenvalue weighted by atomic mass is 15.1. The van der Waals surface area contributed by atoms with Crippen molar-refractivity contribution < 1.29 is 0 Å². The lowest BCUT2D eigenvalue weighted by Gasteiger charge is -2.24. The van der Waals surface area contributed by atoms with E-state index in [1.54, 1.807) is 0 Å². The number of aryl methyl sites for hydroxylation is 1. The number of hydrogen-bond donors (Lipinski definition) is 2. The maximum Gasteiger partial charge on any atom is 0.0948 e. The monoisotopic (exact) mass is 250 g/mol. The Morgan fingerprint density at radius 2 is 2.39 bits per heavy atom. The van der Waals surface area contributed by atoms with Gasteiger partial charge in [0, 0.05) is 25.3 Å². The van der Waals surface area contributed by atoms with Gasteiger partial charge in [-0.25, -0.2) is 4.98 Å². The third-order valence-corrected chi connectivity index (χ3v) is 4.08. The van der Waals surface area contributed by atoms with Gasteiger partial charge in [0.25, 0.3) is 0 Å². The first-order chi connectivity index (χ1) is 8.55. The highest BCUT2D eigenvalue weighted by molar-refractivity contribution is 5.07. The SMILES string of the molecule is CCn1cncc1C(CN)NC1CCC(C)(C)C1. The molecule has 102 valence electrons. The first-order valence-electron chi connectivity index (χ1n) is 7.02. The van der Waals surface area contributed by atoms with Gasteiger partial charge in [-0.1, -0.05) is 13.8 Å². The molecule has 1 aromatic rings. The van der Waals surface area contributed by atoms with E-state index in [9.17, 15) is 0 Å². The van der Waals surface area contributed by atoms with Gasteiger partial charge in [0.2, 0.25) is 0 Å². The lowest BCUT2D eigenvalue weighted by Crippen LogP contribution is -2.36. The Morgan fingerprint density at radius 3 is 2.94 bits per heavy atom. The van der Waals surface area contributed by atoms with Crippen LogP contribution in [-0.4, -0.2) is 22.1 Å². The smallest absolute Gasteiger partial charge is 0.0948 e. The van der Waals surface area contributed by atoms with Crippen molar-refractivity contribution in [2.75, 3.05) is 6.54 Å². The normalized spacial score (nSPS) is 24.3. The van der Waals surface area contributed by atoms with Gasteiger partial charge in [-0.15, -0.1) is 0 Å². The van der Waals surface area contributed by atoms with Crippen molar-refractivity contribution in [3.05, 3.63) is 18.2 Å². The Balaban J connectivity index is 2.02. The summed E-state index contributed by atoms with van der Waals surface area (Å²) >= 11 is 0. The van der Waals surface area contributed by atoms with Crippen molar-refractivity contribution in [1.29, 1.82) is 0 Å². The molecule has 1 aromatic heterocycles. The summed E-state index contributed by atoms with van der Waals surface area (Å²) in [7, 11) is 0. The minimum Gasteiger partial charge on any atom is -0.333 e. The van der Waals surface area contributed by atoms with Gasteiger partial charge < -0.3 is 15.6 Å². The molecule has 1 saturated carbocycles. The number of nitrogens with zero attached hydrogens (tertiary/aromatic N) is 2. The largest absolute Gasteiger partial charge is 0.333 e. The van der Waals surface area contributed by atoms with Crippen molar-refractivity contribution in [3.8, 4) is 0 Å². The molecular weight excluding hydrogens is 224 g/mol. The van der Waals surface area contributed by atoms with Crippen LogP contribution in [-0.2, 0) is 6.54 Å². The second-order valence-electron chi connectivity index (χ2n) is 6.16. The zero-order valence-corrected chi connectivity index (χ0v) is 11.8. The molecule has 2 atom stereocenters. The lowest BCUT2D eigenvalue weighted by atomic mass is 9.92. The molecule has 1 fully saturated rings. The quantitative estimate of drug-likeness (QED) is 0.841. The van der Waals surface area contributed by atoms with Gasteiger partial charge in [-0.3, -0.25) is 0 Å². The van der Waals surface area contributed by atoms with Crippen LogP contribution < -0.4 is 11.1 Å². The summed E-state index contributed by atoms with van der Waals surface area (Å²) in [5, 5.41) is 3.71. The average Bonchev–Trinajstić information content (AvgIpc) is 2.92. The molecule has 0 spiro atoms. The Kier molecular flexibility index (Phi) is 4.07. The third-order valence-electron chi connectivity index (χ3n) is 4.08. The summed E-state index contributed by atoms with van der Waals surface area (Å²) in [5.41, 5.74) is 7.62. The Bertz CT molecular complexity index is 383. The van der Waals surface area contributed by atoms with Crippen molar-refractivity contribution in [2.45, 2.75) is 58.7 Å². The average molecular weight is 250 g/mol. The molecule has 0 bridgehead atoms. The molecule has 1 aliphatic rings. The first kappa shape index (κ1) is 13.6. The van der Waals surface area contributed by atoms with E-state index < -0.39 is 0 Å². The van der Waals surface area contributed by atoms with Crippen LogP contribution in [0, 0.1) is 5.41 Å². The summed E-state index contributed by atoms with van der Waals surface area (Å²) in [6.07, 6.45) is 7.62. The maximum absolute atomic E-state index is 5.93. The highest BCUT2D eigenvalue weighted by Gasteiger charge is 2.32. The summed E-state index contributed by atoms with van der Waals surface area (Å²) < 4.78 is 2.17. The second kappa shape index (κ2) is 5.41. The lowest BCUT2D eigenvalue weighted by molar-refractivity contribution is 0.350. The molecule has 4 heteroatoms. The molecule has 1 aliphatic carbocycles. The Hall–Kier alpha value is -0.870. The van der Waals surface area contributed by atoms with Gasteiger partial charge in [0.1, 0.15) is 0 Å². The van der Waals surface area contributed by atoms with Crippen molar-refractivity contribution >= 4 is 0 Å². The van der Waals surface area contributed by atoms with Gasteiger partial charge in [0.05, 0.1) is 18.1 Å². The van der Waals surface area contributed by atoms with Crippen molar-refractivity contribution in [1.82, 2.24) is 14.9 Å². The molecular formula is C14H26N4. The minimum absolute atomic E-state index is 0.228. The molecule has 0 radical (unpaired) electrons. The molecule has 18 heavy (non-hydrogen) atoms. The second-order valence-corrected chi connectivity index (χ2v) is 6.16. The predicted octanol–water partition coefficient (Wildman–Crippen LogP) is 2.07. The molecule has 3 N–H and O–H groups in total. The zero-order chi connectivity index (χ0) is 13.2. The fourth-order valence-electron chi connectivity index (χ4n) is 3.02. The van der Waals surface area contributed by atoms with E-state index >= 15 is 0 Å². The minimum atomic E-state index is 0.228. The number of imidazole rings is 1. The van der Waals surface area contributed by atoms with Crippen LogP contribution >= 0.6 is 0 Å². The van der Waals surface area contributed by atoms with Crippen LogP contribution in [0.3, 0.4) is 0 Å². The standard InChI is InChI=1S/C14H26N4/c1-4-18-10-16-9-13(18)12(8-15)17-11-5-6-14(2,3)7-11/h9-12,17H,4-8,15H2,1-3H3. The number of aromatic nitrogens is 2. The van der Waals surface area contributed by atoms with E-state index in [2.05, 4.69) is 35.6 Å². The van der Waals surface area contributed by atoms with Crippen LogP contribution in [0.2, 0.25) is 0 Å². The highest BCUT2D eigenvalue weighted by Crippen LogP contribution is 2.37. The number of hydrogen-bond acceptors (Lipinski definition) is 3. The zero-order valence-electron chi connectivity index (χ0n) is 11.8. The molecule has 2 unspecified atom stereocenters. The Labute approximate surface area is 110 Å². The van der Waals surface area contributed by atoms with Crippen LogP contribution in [0.5, 0.6) is 0 Å². The fraction of sp³-hybridized carbons (Fsp3) is 0.786. The van der Waals surface area contributed by atoms with E-state index in [0.29, 0.717) is 18.0 Å². The molecule has 0 saturated heterocycles. The van der Waals surface area contributed by atoms with Crippen LogP contribution in [0.4, 0.5) is 0 Å². The molecule has 2 rings (SSSR count).